The van der Waals surface area contributed by atoms with Crippen LogP contribution in [-0.4, -0.2) is 46.9 Å². The first-order valence-electron chi connectivity index (χ1n) is 10.3. The van der Waals surface area contributed by atoms with Gasteiger partial charge in [0.15, 0.2) is 17.4 Å². The Morgan fingerprint density at radius 2 is 2.12 bits per heavy atom. The normalized spacial score (nSPS) is 17.5. The summed E-state index contributed by atoms with van der Waals surface area (Å²) >= 11 is 0. The quantitative estimate of drug-likeness (QED) is 0.447. The van der Waals surface area contributed by atoms with Gasteiger partial charge in [0.05, 0.1) is 6.26 Å². The van der Waals surface area contributed by atoms with Crippen LogP contribution in [0.4, 0.5) is 26.4 Å². The second-order valence-electron chi connectivity index (χ2n) is 7.79. The molecule has 10 heteroatoms. The highest BCUT2D eigenvalue weighted by Crippen LogP contribution is 2.25. The number of aliphatic imine (C=N–C) groups is 1. The van der Waals surface area contributed by atoms with E-state index in [-0.39, 0.29) is 17.8 Å². The fourth-order valence-corrected chi connectivity index (χ4v) is 3.85. The van der Waals surface area contributed by atoms with Crippen LogP contribution in [0.25, 0.3) is 0 Å². The molecule has 3 heterocycles. The minimum Gasteiger partial charge on any atom is -0.461 e. The van der Waals surface area contributed by atoms with Gasteiger partial charge in [0.1, 0.15) is 17.5 Å². The van der Waals surface area contributed by atoms with Crippen molar-refractivity contribution in [1.82, 2.24) is 14.9 Å². The number of amidine groups is 1. The fraction of sp³-hybridized carbons (Fsp3) is 0.318. The molecule has 32 heavy (non-hydrogen) atoms. The van der Waals surface area contributed by atoms with Crippen molar-refractivity contribution >= 4 is 23.4 Å². The van der Waals surface area contributed by atoms with E-state index in [1.54, 1.807) is 18.2 Å². The molecule has 0 radical (unpaired) electrons. The van der Waals surface area contributed by atoms with Crippen LogP contribution in [0.15, 0.2) is 52.1 Å². The van der Waals surface area contributed by atoms with E-state index in [2.05, 4.69) is 19.9 Å². The Morgan fingerprint density at radius 3 is 2.88 bits per heavy atom. The number of likely N-dealkylation sites (N-methyl/N-ethyl adjacent to an activating group) is 1. The number of aromatic nitrogens is 2. The molecule has 1 aromatic carbocycles. The van der Waals surface area contributed by atoms with Crippen LogP contribution in [0.3, 0.4) is 0 Å². The van der Waals surface area contributed by atoms with E-state index in [1.165, 1.54) is 18.4 Å². The Hall–Kier alpha value is -3.53. The van der Waals surface area contributed by atoms with Gasteiger partial charge in [0.25, 0.3) is 0 Å². The lowest BCUT2D eigenvalue weighted by atomic mass is 10.0. The molecule has 1 saturated heterocycles. The molecule has 8 nitrogen and oxygen atoms in total. The second-order valence-corrected chi connectivity index (χ2v) is 7.79. The van der Waals surface area contributed by atoms with E-state index in [1.807, 2.05) is 11.9 Å². The summed E-state index contributed by atoms with van der Waals surface area (Å²) in [6.45, 7) is 1.95. The van der Waals surface area contributed by atoms with Crippen molar-refractivity contribution in [2.75, 3.05) is 30.8 Å². The number of hydrogen-bond donors (Lipinski definition) is 2. The topological polar surface area (TPSA) is 110 Å². The number of hydrogen-bond acceptors (Lipinski definition) is 7. The molecular weight excluding hydrogens is 416 g/mol. The van der Waals surface area contributed by atoms with Crippen LogP contribution >= 0.6 is 0 Å². The third kappa shape index (κ3) is 5.02. The molecule has 1 fully saturated rings. The minimum atomic E-state index is -0.574. The average molecular weight is 441 g/mol. The van der Waals surface area contributed by atoms with Gasteiger partial charge in [-0.2, -0.15) is 9.97 Å². The van der Waals surface area contributed by atoms with E-state index in [4.69, 9.17) is 15.9 Å². The maximum atomic E-state index is 14.1. The molecule has 0 bridgehead atoms. The molecule has 0 spiro atoms. The number of furan rings is 1. The zero-order valence-corrected chi connectivity index (χ0v) is 17.7. The SMILES string of the molecule is CN(c1cc(/N=C(\N)c2ccco2)nc(N)n1)C1CCCN(Cc2ccc(F)cc2F)C1. The molecule has 3 aromatic rings. The molecular formula is C22H25F2N7O. The average Bonchev–Trinajstić information content (AvgIpc) is 3.30. The second kappa shape index (κ2) is 9.31. The van der Waals surface area contributed by atoms with Crippen LogP contribution in [0.5, 0.6) is 0 Å². The van der Waals surface area contributed by atoms with Crippen LogP contribution in [-0.2, 0) is 6.54 Å². The summed E-state index contributed by atoms with van der Waals surface area (Å²) in [5, 5.41) is 0. The summed E-state index contributed by atoms with van der Waals surface area (Å²) in [4.78, 5) is 17.0. The van der Waals surface area contributed by atoms with Crippen LogP contribution < -0.4 is 16.4 Å². The van der Waals surface area contributed by atoms with Gasteiger partial charge in [0.2, 0.25) is 5.95 Å². The Balaban J connectivity index is 1.49. The van der Waals surface area contributed by atoms with E-state index >= 15 is 0 Å². The molecule has 2 aromatic heterocycles. The summed E-state index contributed by atoms with van der Waals surface area (Å²) in [5.74, 6) is 0.551. The molecule has 0 saturated carbocycles. The third-order valence-electron chi connectivity index (χ3n) is 5.52. The van der Waals surface area contributed by atoms with Crippen LogP contribution in [0.1, 0.15) is 24.2 Å². The smallest absolute Gasteiger partial charge is 0.224 e. The number of likely N-dealkylation sites (tertiary alicyclic amines) is 1. The number of halogens is 2. The van der Waals surface area contributed by atoms with Gasteiger partial charge in [-0.15, -0.1) is 0 Å². The highest BCUT2D eigenvalue weighted by Gasteiger charge is 2.25. The maximum Gasteiger partial charge on any atom is 0.224 e. The number of rotatable bonds is 6. The van der Waals surface area contributed by atoms with E-state index < -0.39 is 11.6 Å². The molecule has 4 rings (SSSR count). The van der Waals surface area contributed by atoms with Gasteiger partial charge >= 0.3 is 0 Å². The number of piperidine rings is 1. The zero-order valence-electron chi connectivity index (χ0n) is 17.7. The lowest BCUT2D eigenvalue weighted by molar-refractivity contribution is 0.196. The number of benzene rings is 1. The predicted molar refractivity (Wildman–Crippen MR) is 119 cm³/mol. The maximum absolute atomic E-state index is 14.1. The van der Waals surface area contributed by atoms with Gasteiger partial charge in [-0.3, -0.25) is 4.90 Å². The predicted octanol–water partition coefficient (Wildman–Crippen LogP) is 3.07. The van der Waals surface area contributed by atoms with Gasteiger partial charge in [-0.05, 0) is 37.6 Å². The molecule has 1 unspecified atom stereocenters. The van der Waals surface area contributed by atoms with Crippen LogP contribution in [0.2, 0.25) is 0 Å². The number of nitrogens with two attached hydrogens (primary N) is 2. The standard InChI is InChI=1S/C22H25F2N7O/c1-30(16-4-2-8-31(13-16)12-14-6-7-15(23)10-17(14)24)20-11-19(28-22(26)29-20)27-21(25)18-5-3-9-32-18/h3,5-7,9-11,16H,2,4,8,12-13H2,1H3,(H4,25,26,27,28,29). The highest BCUT2D eigenvalue weighted by atomic mass is 19.1. The largest absolute Gasteiger partial charge is 0.461 e. The van der Waals surface area contributed by atoms with E-state index in [0.717, 1.165) is 25.5 Å². The zero-order chi connectivity index (χ0) is 22.7. The van der Waals surface area contributed by atoms with Crippen molar-refractivity contribution in [2.45, 2.75) is 25.4 Å². The van der Waals surface area contributed by atoms with Crippen molar-refractivity contribution in [3.05, 3.63) is 65.6 Å². The lowest BCUT2D eigenvalue weighted by Gasteiger charge is -2.38. The van der Waals surface area contributed by atoms with Crippen molar-refractivity contribution in [2.24, 2.45) is 10.7 Å². The summed E-state index contributed by atoms with van der Waals surface area (Å²) in [5.41, 5.74) is 12.4. The first-order chi connectivity index (χ1) is 15.4. The van der Waals surface area contributed by atoms with Crippen molar-refractivity contribution in [1.29, 1.82) is 0 Å². The van der Waals surface area contributed by atoms with Crippen molar-refractivity contribution in [3.63, 3.8) is 0 Å². The number of nitrogens with zero attached hydrogens (tertiary/aromatic N) is 5. The molecule has 1 aliphatic heterocycles. The summed E-state index contributed by atoms with van der Waals surface area (Å²) in [6.07, 6.45) is 3.39. The Bertz CT molecular complexity index is 1100. The first kappa shape index (κ1) is 21.7. The summed E-state index contributed by atoms with van der Waals surface area (Å²) in [7, 11) is 1.93. The molecule has 0 amide bonds. The third-order valence-corrected chi connectivity index (χ3v) is 5.52. The van der Waals surface area contributed by atoms with Crippen LogP contribution in [0, 0.1) is 11.6 Å². The number of nitrogen functional groups attached to an aromatic ring is 1. The molecule has 0 aliphatic carbocycles. The Morgan fingerprint density at radius 1 is 1.28 bits per heavy atom. The Labute approximate surface area is 184 Å². The monoisotopic (exact) mass is 441 g/mol. The fourth-order valence-electron chi connectivity index (χ4n) is 3.85. The molecule has 1 aliphatic rings. The molecule has 1 atom stereocenters. The van der Waals surface area contributed by atoms with Gasteiger partial charge in [-0.1, -0.05) is 6.07 Å². The van der Waals surface area contributed by atoms with Gasteiger partial charge < -0.3 is 20.8 Å². The molecule has 168 valence electrons. The van der Waals surface area contributed by atoms with Gasteiger partial charge in [-0.25, -0.2) is 13.8 Å². The number of anilines is 2. The first-order valence-corrected chi connectivity index (χ1v) is 10.3. The molecule has 4 N–H and O–H groups in total. The van der Waals surface area contributed by atoms with E-state index in [9.17, 15) is 8.78 Å². The lowest BCUT2D eigenvalue weighted by Crippen LogP contribution is -2.46. The van der Waals surface area contributed by atoms with E-state index in [0.29, 0.717) is 36.0 Å². The van der Waals surface area contributed by atoms with Crippen molar-refractivity contribution in [3.8, 4) is 0 Å². The summed E-state index contributed by atoms with van der Waals surface area (Å²) < 4.78 is 32.5. The summed E-state index contributed by atoms with van der Waals surface area (Å²) in [6, 6.07) is 8.96. The van der Waals surface area contributed by atoms with Gasteiger partial charge in [0, 0.05) is 43.9 Å². The van der Waals surface area contributed by atoms with Crippen molar-refractivity contribution < 1.29 is 13.2 Å². The highest BCUT2D eigenvalue weighted by molar-refractivity contribution is 5.96. The minimum absolute atomic E-state index is 0.0846. The Kier molecular flexibility index (Phi) is 6.31.